The Bertz CT molecular complexity index is 682. The number of anilines is 1. The van der Waals surface area contributed by atoms with Crippen LogP contribution < -0.4 is 16.0 Å². The first kappa shape index (κ1) is 14.4. The van der Waals surface area contributed by atoms with Gasteiger partial charge in [0.05, 0.1) is 11.4 Å². The van der Waals surface area contributed by atoms with Crippen LogP contribution in [0, 0.1) is 0 Å². The molecule has 108 valence electrons. The van der Waals surface area contributed by atoms with Crippen LogP contribution in [0.4, 0.5) is 5.69 Å². The summed E-state index contributed by atoms with van der Waals surface area (Å²) in [6.07, 6.45) is 3.70. The van der Waals surface area contributed by atoms with E-state index in [2.05, 4.69) is 20.2 Å². The van der Waals surface area contributed by atoms with Gasteiger partial charge in [-0.25, -0.2) is 18.1 Å². The summed E-state index contributed by atoms with van der Waals surface area (Å²) in [5.74, 6) is 5.27. The third-order valence-electron chi connectivity index (χ3n) is 2.62. The average Bonchev–Trinajstić information content (AvgIpc) is 2.84. The van der Waals surface area contributed by atoms with Gasteiger partial charge in [-0.2, -0.15) is 5.10 Å². The van der Waals surface area contributed by atoms with E-state index in [0.29, 0.717) is 6.42 Å². The standard InChI is InChI=1S/C11H16N6O2S/c1-17-8-5-9(16-17)4-7-14-20(18,19)11-10(15-12)3-2-6-13-11/h2-3,5-6,8,14-15H,4,7,12H2,1H3. The van der Waals surface area contributed by atoms with Crippen molar-refractivity contribution in [2.45, 2.75) is 11.4 Å². The van der Waals surface area contributed by atoms with Gasteiger partial charge in [0.1, 0.15) is 0 Å². The minimum absolute atomic E-state index is 0.122. The molecule has 0 amide bonds. The second-order valence-electron chi connectivity index (χ2n) is 4.13. The molecule has 0 aliphatic carbocycles. The van der Waals surface area contributed by atoms with Crippen LogP contribution in [-0.4, -0.2) is 29.7 Å². The van der Waals surface area contributed by atoms with Gasteiger partial charge in [-0.05, 0) is 18.2 Å². The molecule has 0 radical (unpaired) electrons. The maximum absolute atomic E-state index is 12.1. The number of aryl methyl sites for hydroxylation is 1. The van der Waals surface area contributed by atoms with Crippen molar-refractivity contribution in [1.82, 2.24) is 19.5 Å². The smallest absolute Gasteiger partial charge is 0.260 e. The number of nitrogens with one attached hydrogen (secondary N) is 2. The predicted molar refractivity (Wildman–Crippen MR) is 74.1 cm³/mol. The van der Waals surface area contributed by atoms with Crippen LogP contribution in [0.5, 0.6) is 0 Å². The highest BCUT2D eigenvalue weighted by atomic mass is 32.2. The van der Waals surface area contributed by atoms with Gasteiger partial charge < -0.3 is 5.43 Å². The number of hydrazine groups is 1. The number of nitrogen functional groups attached to an aromatic ring is 1. The molecular formula is C11H16N6O2S. The third-order valence-corrected chi connectivity index (χ3v) is 4.04. The van der Waals surface area contributed by atoms with E-state index in [4.69, 9.17) is 5.84 Å². The molecule has 0 aliphatic rings. The lowest BCUT2D eigenvalue weighted by molar-refractivity contribution is 0.577. The molecule has 2 aromatic rings. The fourth-order valence-corrected chi connectivity index (χ4v) is 2.82. The molecule has 0 saturated carbocycles. The van der Waals surface area contributed by atoms with Gasteiger partial charge in [0, 0.05) is 32.4 Å². The number of sulfonamides is 1. The lowest BCUT2D eigenvalue weighted by Crippen LogP contribution is -2.28. The quantitative estimate of drug-likeness (QED) is 0.494. The minimum atomic E-state index is -3.70. The van der Waals surface area contributed by atoms with Gasteiger partial charge in [0.25, 0.3) is 10.0 Å². The van der Waals surface area contributed by atoms with Crippen molar-refractivity contribution in [2.75, 3.05) is 12.0 Å². The van der Waals surface area contributed by atoms with Gasteiger partial charge in [0.15, 0.2) is 5.03 Å². The Labute approximate surface area is 117 Å². The van der Waals surface area contributed by atoms with E-state index < -0.39 is 10.0 Å². The summed E-state index contributed by atoms with van der Waals surface area (Å²) < 4.78 is 28.4. The first-order valence-corrected chi connectivity index (χ1v) is 7.41. The zero-order valence-electron chi connectivity index (χ0n) is 10.9. The zero-order chi connectivity index (χ0) is 14.6. The fourth-order valence-electron chi connectivity index (χ4n) is 1.69. The maximum Gasteiger partial charge on any atom is 0.260 e. The molecular weight excluding hydrogens is 280 g/mol. The number of rotatable bonds is 6. The van der Waals surface area contributed by atoms with E-state index in [1.54, 1.807) is 30.1 Å². The van der Waals surface area contributed by atoms with Crippen LogP contribution in [-0.2, 0) is 23.5 Å². The topological polar surface area (TPSA) is 115 Å². The normalized spacial score (nSPS) is 11.5. The number of pyridine rings is 1. The van der Waals surface area contributed by atoms with Crippen LogP contribution >= 0.6 is 0 Å². The van der Waals surface area contributed by atoms with Crippen LogP contribution in [0.2, 0.25) is 0 Å². The molecule has 0 aliphatic heterocycles. The van der Waals surface area contributed by atoms with E-state index in [9.17, 15) is 8.42 Å². The maximum atomic E-state index is 12.1. The van der Waals surface area contributed by atoms with Crippen molar-refractivity contribution in [1.29, 1.82) is 0 Å². The number of hydrogen-bond acceptors (Lipinski definition) is 6. The molecule has 0 fully saturated rings. The summed E-state index contributed by atoms with van der Waals surface area (Å²) in [6, 6.07) is 4.98. The largest absolute Gasteiger partial charge is 0.321 e. The second-order valence-corrected chi connectivity index (χ2v) is 5.81. The van der Waals surface area contributed by atoms with Crippen LogP contribution in [0.15, 0.2) is 35.6 Å². The summed E-state index contributed by atoms with van der Waals surface area (Å²) in [7, 11) is -1.90. The van der Waals surface area contributed by atoms with E-state index in [-0.39, 0.29) is 17.3 Å². The third kappa shape index (κ3) is 3.32. The van der Waals surface area contributed by atoms with Gasteiger partial charge >= 0.3 is 0 Å². The Hall–Kier alpha value is -1.97. The first-order chi connectivity index (χ1) is 9.53. The highest BCUT2D eigenvalue weighted by molar-refractivity contribution is 7.89. The summed E-state index contributed by atoms with van der Waals surface area (Å²) in [5.41, 5.74) is 3.38. The van der Waals surface area contributed by atoms with E-state index in [0.717, 1.165) is 5.69 Å². The molecule has 2 rings (SSSR count). The highest BCUT2D eigenvalue weighted by Gasteiger charge is 2.19. The number of nitrogens with two attached hydrogens (primary N) is 1. The predicted octanol–water partition coefficient (Wildman–Crippen LogP) is -0.378. The molecule has 0 aromatic carbocycles. The molecule has 8 nitrogen and oxygen atoms in total. The molecule has 0 unspecified atom stereocenters. The lowest BCUT2D eigenvalue weighted by Gasteiger charge is -2.09. The van der Waals surface area contributed by atoms with Crippen LogP contribution in [0.1, 0.15) is 5.69 Å². The van der Waals surface area contributed by atoms with Crippen molar-refractivity contribution in [3.8, 4) is 0 Å². The Morgan fingerprint density at radius 2 is 2.20 bits per heavy atom. The van der Waals surface area contributed by atoms with Crippen molar-refractivity contribution in [3.05, 3.63) is 36.3 Å². The number of nitrogens with zero attached hydrogens (tertiary/aromatic N) is 3. The zero-order valence-corrected chi connectivity index (χ0v) is 11.8. The first-order valence-electron chi connectivity index (χ1n) is 5.93. The summed E-state index contributed by atoms with van der Waals surface area (Å²) in [5, 5.41) is 4.05. The SMILES string of the molecule is Cn1ccc(CCNS(=O)(=O)c2ncccc2NN)n1. The monoisotopic (exact) mass is 296 g/mol. The molecule has 0 saturated heterocycles. The summed E-state index contributed by atoms with van der Waals surface area (Å²) in [4.78, 5) is 3.84. The molecule has 2 aromatic heterocycles. The van der Waals surface area contributed by atoms with E-state index in [1.165, 1.54) is 6.20 Å². The average molecular weight is 296 g/mol. The van der Waals surface area contributed by atoms with Crippen LogP contribution in [0.3, 0.4) is 0 Å². The van der Waals surface area contributed by atoms with Crippen molar-refractivity contribution in [3.63, 3.8) is 0 Å². The fraction of sp³-hybridized carbons (Fsp3) is 0.273. The Kier molecular flexibility index (Phi) is 4.32. The molecule has 2 heterocycles. The number of aromatic nitrogens is 3. The van der Waals surface area contributed by atoms with Crippen molar-refractivity contribution >= 4 is 15.7 Å². The molecule has 20 heavy (non-hydrogen) atoms. The lowest BCUT2D eigenvalue weighted by atomic mass is 10.3. The van der Waals surface area contributed by atoms with Gasteiger partial charge in [0.2, 0.25) is 0 Å². The molecule has 0 bridgehead atoms. The summed E-state index contributed by atoms with van der Waals surface area (Å²) in [6.45, 7) is 0.236. The highest BCUT2D eigenvalue weighted by Crippen LogP contribution is 2.16. The Morgan fingerprint density at radius 3 is 2.85 bits per heavy atom. The Balaban J connectivity index is 2.04. The molecule has 9 heteroatoms. The van der Waals surface area contributed by atoms with Gasteiger partial charge in [-0.3, -0.25) is 10.5 Å². The van der Waals surface area contributed by atoms with E-state index in [1.807, 2.05) is 6.07 Å². The second kappa shape index (κ2) is 5.99. The minimum Gasteiger partial charge on any atom is -0.321 e. The molecule has 0 atom stereocenters. The van der Waals surface area contributed by atoms with Gasteiger partial charge in [-0.1, -0.05) is 0 Å². The molecule has 0 spiro atoms. The Morgan fingerprint density at radius 1 is 1.40 bits per heavy atom. The molecule has 4 N–H and O–H groups in total. The van der Waals surface area contributed by atoms with Crippen molar-refractivity contribution in [2.24, 2.45) is 12.9 Å². The summed E-state index contributed by atoms with van der Waals surface area (Å²) >= 11 is 0. The number of hydrogen-bond donors (Lipinski definition) is 3. The van der Waals surface area contributed by atoms with Crippen molar-refractivity contribution < 1.29 is 8.42 Å². The van der Waals surface area contributed by atoms with Gasteiger partial charge in [-0.15, -0.1) is 0 Å². The van der Waals surface area contributed by atoms with Crippen LogP contribution in [0.25, 0.3) is 0 Å². The van der Waals surface area contributed by atoms with E-state index >= 15 is 0 Å².